The van der Waals surface area contributed by atoms with E-state index in [1.165, 1.54) is 0 Å². The van der Waals surface area contributed by atoms with Gasteiger partial charge in [0.2, 0.25) is 0 Å². The average molecular weight is 285 g/mol. The van der Waals surface area contributed by atoms with Gasteiger partial charge in [0.15, 0.2) is 0 Å². The van der Waals surface area contributed by atoms with Crippen molar-refractivity contribution in [1.29, 1.82) is 0 Å². The highest BCUT2D eigenvalue weighted by Gasteiger charge is 2.31. The average Bonchev–Trinajstić information content (AvgIpc) is 2.78. The molecule has 1 aromatic rings. The van der Waals surface area contributed by atoms with Crippen molar-refractivity contribution in [2.45, 2.75) is 39.7 Å². The summed E-state index contributed by atoms with van der Waals surface area (Å²) < 4.78 is 0. The summed E-state index contributed by atoms with van der Waals surface area (Å²) in [5.41, 5.74) is 2.50. The van der Waals surface area contributed by atoms with Crippen LogP contribution in [0.15, 0.2) is 18.2 Å². The predicted molar refractivity (Wildman–Crippen MR) is 84.0 cm³/mol. The number of aryl methyl sites for hydroxylation is 1. The van der Waals surface area contributed by atoms with E-state index in [0.717, 1.165) is 24.1 Å². The number of aliphatic hydroxyl groups is 1. The maximum atomic E-state index is 12.8. The summed E-state index contributed by atoms with van der Waals surface area (Å²) in [5.74, 6) is 6.55. The Balaban J connectivity index is 2.32. The zero-order valence-electron chi connectivity index (χ0n) is 13.0. The minimum absolute atomic E-state index is 0.0445. The van der Waals surface area contributed by atoms with Gasteiger partial charge in [0.05, 0.1) is 12.2 Å². The summed E-state index contributed by atoms with van der Waals surface area (Å²) in [5, 5.41) is 8.83. The first kappa shape index (κ1) is 15.6. The van der Waals surface area contributed by atoms with E-state index in [1.807, 2.05) is 30.0 Å². The van der Waals surface area contributed by atoms with Crippen molar-refractivity contribution in [3.05, 3.63) is 34.9 Å². The number of amides is 1. The van der Waals surface area contributed by atoms with Crippen LogP contribution in [-0.2, 0) is 0 Å². The molecule has 1 aliphatic rings. The molecule has 1 fully saturated rings. The van der Waals surface area contributed by atoms with Gasteiger partial charge in [-0.05, 0) is 38.3 Å². The lowest BCUT2D eigenvalue weighted by Crippen LogP contribution is -2.34. The Hall–Kier alpha value is -1.79. The largest absolute Gasteiger partial charge is 0.395 e. The summed E-state index contributed by atoms with van der Waals surface area (Å²) >= 11 is 0. The highest BCUT2D eigenvalue weighted by Crippen LogP contribution is 2.25. The molecule has 0 spiro atoms. The molecule has 2 atom stereocenters. The van der Waals surface area contributed by atoms with Gasteiger partial charge in [-0.15, -0.1) is 0 Å². The number of hydrogen-bond donors (Lipinski definition) is 1. The molecule has 1 amide bonds. The second-order valence-corrected chi connectivity index (χ2v) is 5.97. The number of rotatable bonds is 2. The third kappa shape index (κ3) is 3.65. The molecule has 0 bridgehead atoms. The van der Waals surface area contributed by atoms with E-state index in [1.54, 1.807) is 0 Å². The molecule has 0 aromatic heterocycles. The Bertz CT molecular complexity index is 583. The molecule has 112 valence electrons. The van der Waals surface area contributed by atoms with Crippen LogP contribution in [0.1, 0.15) is 48.2 Å². The first-order valence-electron chi connectivity index (χ1n) is 7.54. The maximum Gasteiger partial charge on any atom is 0.255 e. The standard InChI is InChI=1S/C18H23NO2/c1-13-7-8-16(6-4-5-9-20)17(11-13)18(21)19-12-14(2)10-15(19)3/h7-8,11,14-15,20H,5,9-10,12H2,1-3H3. The number of carbonyl (C=O) groups is 1. The lowest BCUT2D eigenvalue weighted by molar-refractivity contribution is 0.0743. The number of likely N-dealkylation sites (tertiary alicyclic amines) is 1. The van der Waals surface area contributed by atoms with Crippen molar-refractivity contribution < 1.29 is 9.90 Å². The number of nitrogens with zero attached hydrogens (tertiary/aromatic N) is 1. The lowest BCUT2D eigenvalue weighted by Gasteiger charge is -2.22. The van der Waals surface area contributed by atoms with E-state index < -0.39 is 0 Å². The van der Waals surface area contributed by atoms with Gasteiger partial charge in [-0.3, -0.25) is 4.79 Å². The molecule has 1 saturated heterocycles. The molecule has 1 aromatic carbocycles. The van der Waals surface area contributed by atoms with E-state index in [0.29, 0.717) is 17.9 Å². The fourth-order valence-electron chi connectivity index (χ4n) is 2.90. The Morgan fingerprint density at radius 2 is 2.19 bits per heavy atom. The molecule has 0 radical (unpaired) electrons. The van der Waals surface area contributed by atoms with Gasteiger partial charge in [-0.25, -0.2) is 0 Å². The van der Waals surface area contributed by atoms with Crippen LogP contribution in [0.2, 0.25) is 0 Å². The van der Waals surface area contributed by atoms with Crippen LogP contribution in [0.5, 0.6) is 0 Å². The molecule has 3 heteroatoms. The maximum absolute atomic E-state index is 12.8. The van der Waals surface area contributed by atoms with Crippen molar-refractivity contribution in [3.63, 3.8) is 0 Å². The number of benzene rings is 1. The molecule has 21 heavy (non-hydrogen) atoms. The second-order valence-electron chi connectivity index (χ2n) is 5.97. The van der Waals surface area contributed by atoms with E-state index in [4.69, 9.17) is 5.11 Å². The summed E-state index contributed by atoms with van der Waals surface area (Å²) in [6.45, 7) is 7.13. The summed E-state index contributed by atoms with van der Waals surface area (Å²) in [6.07, 6.45) is 1.49. The second kappa shape index (κ2) is 6.78. The van der Waals surface area contributed by atoms with Gasteiger partial charge in [0, 0.05) is 24.6 Å². The number of hydrogen-bond acceptors (Lipinski definition) is 2. The van der Waals surface area contributed by atoms with Gasteiger partial charge in [-0.1, -0.05) is 30.4 Å². The minimum Gasteiger partial charge on any atom is -0.395 e. The van der Waals surface area contributed by atoms with Gasteiger partial charge < -0.3 is 10.0 Å². The first-order chi connectivity index (χ1) is 10.0. The number of carbonyl (C=O) groups excluding carboxylic acids is 1. The SMILES string of the molecule is Cc1ccc(C#CCCO)c(C(=O)N2CC(C)CC2C)c1. The van der Waals surface area contributed by atoms with Crippen LogP contribution in [-0.4, -0.2) is 35.1 Å². The van der Waals surface area contributed by atoms with Crippen LogP contribution in [0.4, 0.5) is 0 Å². The quantitative estimate of drug-likeness (QED) is 0.849. The molecular formula is C18H23NO2. The molecular weight excluding hydrogens is 262 g/mol. The molecule has 0 aliphatic carbocycles. The van der Waals surface area contributed by atoms with E-state index in [9.17, 15) is 4.79 Å². The first-order valence-corrected chi connectivity index (χ1v) is 7.54. The summed E-state index contributed by atoms with van der Waals surface area (Å²) in [6, 6.07) is 6.07. The molecule has 1 N–H and O–H groups in total. The van der Waals surface area contributed by atoms with Gasteiger partial charge in [-0.2, -0.15) is 0 Å². The molecule has 0 saturated carbocycles. The normalized spacial score (nSPS) is 21.0. The van der Waals surface area contributed by atoms with E-state index in [2.05, 4.69) is 25.7 Å². The van der Waals surface area contributed by atoms with Crippen molar-refractivity contribution in [2.75, 3.05) is 13.2 Å². The molecule has 2 rings (SSSR count). The Morgan fingerprint density at radius 3 is 2.81 bits per heavy atom. The predicted octanol–water partition coefficient (Wildman–Crippen LogP) is 2.60. The van der Waals surface area contributed by atoms with Crippen molar-refractivity contribution >= 4 is 5.91 Å². The Labute approximate surface area is 127 Å². The molecule has 3 nitrogen and oxygen atoms in total. The van der Waals surface area contributed by atoms with Gasteiger partial charge >= 0.3 is 0 Å². The van der Waals surface area contributed by atoms with E-state index >= 15 is 0 Å². The van der Waals surface area contributed by atoms with Crippen molar-refractivity contribution in [3.8, 4) is 11.8 Å². The summed E-state index contributed by atoms with van der Waals surface area (Å²) in [7, 11) is 0. The monoisotopic (exact) mass is 285 g/mol. The zero-order valence-corrected chi connectivity index (χ0v) is 13.0. The molecule has 1 heterocycles. The van der Waals surface area contributed by atoms with E-state index in [-0.39, 0.29) is 18.6 Å². The fourth-order valence-corrected chi connectivity index (χ4v) is 2.90. The van der Waals surface area contributed by atoms with Crippen LogP contribution in [0, 0.1) is 24.7 Å². The minimum atomic E-state index is 0.0445. The van der Waals surface area contributed by atoms with Crippen molar-refractivity contribution in [2.24, 2.45) is 5.92 Å². The fraction of sp³-hybridized carbons (Fsp3) is 0.500. The number of aliphatic hydroxyl groups excluding tert-OH is 1. The molecule has 2 unspecified atom stereocenters. The van der Waals surface area contributed by atoms with Crippen LogP contribution >= 0.6 is 0 Å². The third-order valence-corrected chi connectivity index (χ3v) is 3.91. The van der Waals surface area contributed by atoms with Gasteiger partial charge in [0.1, 0.15) is 0 Å². The van der Waals surface area contributed by atoms with Gasteiger partial charge in [0.25, 0.3) is 5.91 Å². The Morgan fingerprint density at radius 1 is 1.43 bits per heavy atom. The highest BCUT2D eigenvalue weighted by molar-refractivity contribution is 5.97. The van der Waals surface area contributed by atoms with Crippen molar-refractivity contribution in [1.82, 2.24) is 4.90 Å². The summed E-state index contributed by atoms with van der Waals surface area (Å²) in [4.78, 5) is 14.8. The Kier molecular flexibility index (Phi) is 5.03. The van der Waals surface area contributed by atoms with Crippen LogP contribution in [0.3, 0.4) is 0 Å². The smallest absolute Gasteiger partial charge is 0.255 e. The highest BCUT2D eigenvalue weighted by atomic mass is 16.2. The van der Waals surface area contributed by atoms with Crippen LogP contribution < -0.4 is 0 Å². The third-order valence-electron chi connectivity index (χ3n) is 3.91. The zero-order chi connectivity index (χ0) is 15.4. The van der Waals surface area contributed by atoms with Crippen LogP contribution in [0.25, 0.3) is 0 Å². The molecule has 1 aliphatic heterocycles. The topological polar surface area (TPSA) is 40.5 Å². The lowest BCUT2D eigenvalue weighted by atomic mass is 10.0.